The fraction of sp³-hybridized carbons (Fsp3) is 0.312. The predicted octanol–water partition coefficient (Wildman–Crippen LogP) is 2.70. The Labute approximate surface area is 123 Å². The smallest absolute Gasteiger partial charge is 0.163 e. The molecule has 0 aliphatic carbocycles. The van der Waals surface area contributed by atoms with Crippen molar-refractivity contribution in [2.24, 2.45) is 7.05 Å². The molecular formula is C16H17N5. The molecule has 21 heavy (non-hydrogen) atoms. The second-order valence-corrected chi connectivity index (χ2v) is 5.46. The molecule has 3 aromatic rings. The van der Waals surface area contributed by atoms with Crippen LogP contribution in [0.25, 0.3) is 11.0 Å². The molecule has 0 bridgehead atoms. The number of aryl methyl sites for hydroxylation is 1. The third kappa shape index (κ3) is 1.96. The summed E-state index contributed by atoms with van der Waals surface area (Å²) in [5.74, 6) is 0.999. The molecule has 1 aliphatic heterocycles. The summed E-state index contributed by atoms with van der Waals surface area (Å²) in [5, 5.41) is 5.34. The molecular weight excluding hydrogens is 262 g/mol. The number of nitrogens with zero attached hydrogens (tertiary/aromatic N) is 5. The van der Waals surface area contributed by atoms with Gasteiger partial charge in [-0.25, -0.2) is 9.97 Å². The summed E-state index contributed by atoms with van der Waals surface area (Å²) in [7, 11) is 1.91. The van der Waals surface area contributed by atoms with Crippen molar-refractivity contribution in [3.05, 3.63) is 48.4 Å². The zero-order valence-electron chi connectivity index (χ0n) is 12.0. The molecule has 4 rings (SSSR count). The molecule has 5 heteroatoms. The molecule has 3 heterocycles. The van der Waals surface area contributed by atoms with Crippen LogP contribution >= 0.6 is 0 Å². The molecule has 2 aromatic heterocycles. The number of hydrogen-bond donors (Lipinski definition) is 0. The van der Waals surface area contributed by atoms with E-state index in [1.807, 2.05) is 13.2 Å². The van der Waals surface area contributed by atoms with E-state index in [9.17, 15) is 0 Å². The van der Waals surface area contributed by atoms with Crippen LogP contribution in [0.5, 0.6) is 0 Å². The van der Waals surface area contributed by atoms with Crippen molar-refractivity contribution in [1.82, 2.24) is 19.7 Å². The molecule has 0 spiro atoms. The largest absolute Gasteiger partial charge is 0.349 e. The first kappa shape index (κ1) is 12.3. The summed E-state index contributed by atoms with van der Waals surface area (Å²) in [6.45, 7) is 1.03. The lowest BCUT2D eigenvalue weighted by atomic mass is 10.0. The molecule has 1 atom stereocenters. The van der Waals surface area contributed by atoms with Gasteiger partial charge in [-0.2, -0.15) is 5.10 Å². The summed E-state index contributed by atoms with van der Waals surface area (Å²) >= 11 is 0. The van der Waals surface area contributed by atoms with Gasteiger partial charge >= 0.3 is 0 Å². The summed E-state index contributed by atoms with van der Waals surface area (Å²) in [4.78, 5) is 11.3. The lowest BCUT2D eigenvalue weighted by molar-refractivity contribution is 0.713. The van der Waals surface area contributed by atoms with Crippen molar-refractivity contribution in [3.8, 4) is 0 Å². The first-order valence-corrected chi connectivity index (χ1v) is 7.29. The van der Waals surface area contributed by atoms with Crippen LogP contribution < -0.4 is 4.90 Å². The summed E-state index contributed by atoms with van der Waals surface area (Å²) in [6, 6.07) is 11.1. The average molecular weight is 279 g/mol. The molecule has 0 unspecified atom stereocenters. The number of rotatable bonds is 2. The van der Waals surface area contributed by atoms with Crippen molar-refractivity contribution < 1.29 is 0 Å². The minimum Gasteiger partial charge on any atom is -0.349 e. The first-order valence-electron chi connectivity index (χ1n) is 7.29. The van der Waals surface area contributed by atoms with Gasteiger partial charge in [0.2, 0.25) is 0 Å². The zero-order chi connectivity index (χ0) is 14.2. The summed E-state index contributed by atoms with van der Waals surface area (Å²) in [6.07, 6.45) is 5.85. The van der Waals surface area contributed by atoms with Crippen LogP contribution in [0.2, 0.25) is 0 Å². The van der Waals surface area contributed by atoms with E-state index in [0.717, 1.165) is 29.8 Å². The van der Waals surface area contributed by atoms with Crippen molar-refractivity contribution in [2.45, 2.75) is 18.9 Å². The van der Waals surface area contributed by atoms with E-state index in [1.54, 1.807) is 11.0 Å². The second-order valence-electron chi connectivity index (χ2n) is 5.46. The van der Waals surface area contributed by atoms with Gasteiger partial charge in [0, 0.05) is 13.6 Å². The molecule has 0 radical (unpaired) electrons. The standard InChI is InChI=1S/C16H17N5/c1-20-15-13(10-19-20)16(18-11-17-15)21-9-5-8-14(21)12-6-3-2-4-7-12/h2-4,6-7,10-11,14H,5,8-9H2,1H3/t14-/m1/s1. The minimum absolute atomic E-state index is 0.393. The number of aromatic nitrogens is 4. The Bertz CT molecular complexity index is 765. The lowest BCUT2D eigenvalue weighted by Crippen LogP contribution is -2.23. The second kappa shape index (κ2) is 4.84. The van der Waals surface area contributed by atoms with E-state index in [0.29, 0.717) is 6.04 Å². The monoisotopic (exact) mass is 279 g/mol. The van der Waals surface area contributed by atoms with Gasteiger partial charge in [0.1, 0.15) is 12.1 Å². The highest BCUT2D eigenvalue weighted by molar-refractivity contribution is 5.87. The van der Waals surface area contributed by atoms with E-state index in [2.05, 4.69) is 50.3 Å². The molecule has 0 saturated carbocycles. The fourth-order valence-corrected chi connectivity index (χ4v) is 3.22. The number of hydrogen-bond acceptors (Lipinski definition) is 4. The molecule has 5 nitrogen and oxygen atoms in total. The zero-order valence-corrected chi connectivity index (χ0v) is 12.0. The summed E-state index contributed by atoms with van der Waals surface area (Å²) < 4.78 is 1.80. The van der Waals surface area contributed by atoms with Gasteiger partial charge < -0.3 is 4.90 Å². The normalized spacial score (nSPS) is 18.5. The van der Waals surface area contributed by atoms with E-state index in [-0.39, 0.29) is 0 Å². The molecule has 0 N–H and O–H groups in total. The number of fused-ring (bicyclic) bond motifs is 1. The van der Waals surface area contributed by atoms with E-state index in [4.69, 9.17) is 0 Å². The maximum Gasteiger partial charge on any atom is 0.163 e. The average Bonchev–Trinajstić information content (AvgIpc) is 3.15. The Balaban J connectivity index is 1.80. The van der Waals surface area contributed by atoms with Gasteiger partial charge in [0.15, 0.2) is 5.65 Å². The van der Waals surface area contributed by atoms with Gasteiger partial charge in [-0.3, -0.25) is 4.68 Å². The number of benzene rings is 1. The van der Waals surface area contributed by atoms with Crippen LogP contribution in [0, 0.1) is 0 Å². The lowest BCUT2D eigenvalue weighted by Gasteiger charge is -2.26. The Morgan fingerprint density at radius 3 is 2.86 bits per heavy atom. The molecule has 1 aliphatic rings. The topological polar surface area (TPSA) is 46.8 Å². The predicted molar refractivity (Wildman–Crippen MR) is 82.1 cm³/mol. The Hall–Kier alpha value is -2.43. The van der Waals surface area contributed by atoms with Crippen LogP contribution in [0.15, 0.2) is 42.9 Å². The van der Waals surface area contributed by atoms with Gasteiger partial charge in [-0.1, -0.05) is 30.3 Å². The highest BCUT2D eigenvalue weighted by atomic mass is 15.3. The molecule has 1 saturated heterocycles. The molecule has 0 amide bonds. The van der Waals surface area contributed by atoms with Gasteiger partial charge in [0.05, 0.1) is 17.6 Å². The SMILES string of the molecule is Cn1ncc2c(N3CCC[C@@H]3c3ccccc3)ncnc21. The highest BCUT2D eigenvalue weighted by Crippen LogP contribution is 2.37. The Morgan fingerprint density at radius 1 is 1.14 bits per heavy atom. The van der Waals surface area contributed by atoms with Crippen molar-refractivity contribution in [3.63, 3.8) is 0 Å². The van der Waals surface area contributed by atoms with Crippen molar-refractivity contribution in [2.75, 3.05) is 11.4 Å². The number of anilines is 1. The molecule has 1 aromatic carbocycles. The van der Waals surface area contributed by atoms with Gasteiger partial charge in [0.25, 0.3) is 0 Å². The van der Waals surface area contributed by atoms with Gasteiger partial charge in [-0.15, -0.1) is 0 Å². The van der Waals surface area contributed by atoms with Crippen LogP contribution in [0.1, 0.15) is 24.4 Å². The van der Waals surface area contributed by atoms with Crippen LogP contribution in [-0.2, 0) is 7.05 Å². The maximum absolute atomic E-state index is 4.54. The Kier molecular flexibility index (Phi) is 2.84. The van der Waals surface area contributed by atoms with Crippen LogP contribution in [0.4, 0.5) is 5.82 Å². The van der Waals surface area contributed by atoms with E-state index < -0.39 is 0 Å². The Morgan fingerprint density at radius 2 is 2.00 bits per heavy atom. The third-order valence-electron chi connectivity index (χ3n) is 4.22. The van der Waals surface area contributed by atoms with Crippen LogP contribution in [0.3, 0.4) is 0 Å². The minimum atomic E-state index is 0.393. The fourth-order valence-electron chi connectivity index (χ4n) is 3.22. The highest BCUT2D eigenvalue weighted by Gasteiger charge is 2.28. The third-order valence-corrected chi connectivity index (χ3v) is 4.22. The van der Waals surface area contributed by atoms with Crippen molar-refractivity contribution in [1.29, 1.82) is 0 Å². The van der Waals surface area contributed by atoms with E-state index >= 15 is 0 Å². The molecule has 106 valence electrons. The molecule has 1 fully saturated rings. The van der Waals surface area contributed by atoms with Gasteiger partial charge in [-0.05, 0) is 18.4 Å². The van der Waals surface area contributed by atoms with Crippen LogP contribution in [-0.4, -0.2) is 26.3 Å². The van der Waals surface area contributed by atoms with Crippen molar-refractivity contribution >= 4 is 16.9 Å². The summed E-state index contributed by atoms with van der Waals surface area (Å²) in [5.41, 5.74) is 2.24. The van der Waals surface area contributed by atoms with E-state index in [1.165, 1.54) is 12.0 Å². The quantitative estimate of drug-likeness (QED) is 0.723. The maximum atomic E-state index is 4.54. The first-order chi connectivity index (χ1) is 10.3.